The molecular formula is C18H22ClN3O5S. The third kappa shape index (κ3) is 4.73. The second-order valence-corrected chi connectivity index (χ2v) is 8.57. The highest BCUT2D eigenvalue weighted by Crippen LogP contribution is 2.23. The number of hydrogen-bond acceptors (Lipinski definition) is 5. The van der Waals surface area contributed by atoms with E-state index in [1.807, 2.05) is 0 Å². The van der Waals surface area contributed by atoms with Crippen molar-refractivity contribution in [3.05, 3.63) is 46.7 Å². The first-order valence-electron chi connectivity index (χ1n) is 8.42. The van der Waals surface area contributed by atoms with Gasteiger partial charge in [-0.2, -0.15) is 4.31 Å². The zero-order valence-corrected chi connectivity index (χ0v) is 17.6. The summed E-state index contributed by atoms with van der Waals surface area (Å²) in [4.78, 5) is 24.1. The molecule has 1 aromatic carbocycles. The molecule has 8 nitrogen and oxygen atoms in total. The number of aryl methyl sites for hydroxylation is 1. The number of nitrogens with one attached hydrogen (secondary N) is 1. The SMILES string of the molecule is CCOC(=O)c1cc(S(=O)(=O)N(C)CC(=O)Nc2cccc(Cl)c2C)cn1C. The lowest BCUT2D eigenvalue weighted by molar-refractivity contribution is -0.116. The summed E-state index contributed by atoms with van der Waals surface area (Å²) >= 11 is 6.02. The van der Waals surface area contributed by atoms with E-state index in [4.69, 9.17) is 16.3 Å². The number of carbonyl (C=O) groups is 2. The van der Waals surface area contributed by atoms with E-state index in [-0.39, 0.29) is 17.2 Å². The van der Waals surface area contributed by atoms with E-state index in [2.05, 4.69) is 5.32 Å². The number of carbonyl (C=O) groups excluding carboxylic acids is 2. The number of aromatic nitrogens is 1. The van der Waals surface area contributed by atoms with Crippen LogP contribution in [0.5, 0.6) is 0 Å². The van der Waals surface area contributed by atoms with Crippen molar-refractivity contribution in [1.82, 2.24) is 8.87 Å². The first-order chi connectivity index (χ1) is 13.1. The second-order valence-electron chi connectivity index (χ2n) is 6.11. The van der Waals surface area contributed by atoms with Gasteiger partial charge >= 0.3 is 5.97 Å². The molecule has 0 fully saturated rings. The van der Waals surface area contributed by atoms with Crippen LogP contribution in [-0.4, -0.2) is 49.4 Å². The monoisotopic (exact) mass is 427 g/mol. The molecule has 1 amide bonds. The predicted molar refractivity (Wildman–Crippen MR) is 106 cm³/mol. The van der Waals surface area contributed by atoms with Gasteiger partial charge in [-0.05, 0) is 37.6 Å². The molecule has 0 spiro atoms. The number of likely N-dealkylation sites (N-methyl/N-ethyl adjacent to an activating group) is 1. The van der Waals surface area contributed by atoms with E-state index in [1.54, 1.807) is 39.1 Å². The molecule has 2 aromatic rings. The molecule has 152 valence electrons. The zero-order valence-electron chi connectivity index (χ0n) is 16.0. The minimum atomic E-state index is -3.98. The maximum atomic E-state index is 12.7. The number of ether oxygens (including phenoxy) is 1. The number of anilines is 1. The van der Waals surface area contributed by atoms with Gasteiger partial charge in [-0.25, -0.2) is 13.2 Å². The molecule has 28 heavy (non-hydrogen) atoms. The Morgan fingerprint density at radius 1 is 1.32 bits per heavy atom. The van der Waals surface area contributed by atoms with Crippen LogP contribution in [0.1, 0.15) is 23.0 Å². The number of nitrogens with zero attached hydrogens (tertiary/aromatic N) is 2. The number of benzene rings is 1. The molecule has 0 atom stereocenters. The lowest BCUT2D eigenvalue weighted by Crippen LogP contribution is -2.35. The molecule has 10 heteroatoms. The van der Waals surface area contributed by atoms with E-state index in [1.165, 1.54) is 23.9 Å². The molecular weight excluding hydrogens is 406 g/mol. The van der Waals surface area contributed by atoms with Crippen LogP contribution < -0.4 is 5.32 Å². The third-order valence-electron chi connectivity index (χ3n) is 4.08. The molecule has 0 saturated heterocycles. The van der Waals surface area contributed by atoms with Gasteiger partial charge in [-0.3, -0.25) is 4.79 Å². The van der Waals surface area contributed by atoms with E-state index in [0.29, 0.717) is 16.3 Å². The van der Waals surface area contributed by atoms with Gasteiger partial charge in [0.2, 0.25) is 15.9 Å². The van der Waals surface area contributed by atoms with E-state index < -0.39 is 28.4 Å². The van der Waals surface area contributed by atoms with Gasteiger partial charge in [0, 0.05) is 31.0 Å². The van der Waals surface area contributed by atoms with Crippen molar-refractivity contribution in [3.63, 3.8) is 0 Å². The van der Waals surface area contributed by atoms with Crippen LogP contribution in [-0.2, 0) is 26.6 Å². The first-order valence-corrected chi connectivity index (χ1v) is 10.2. The Morgan fingerprint density at radius 3 is 2.64 bits per heavy atom. The molecule has 0 aliphatic heterocycles. The minimum Gasteiger partial charge on any atom is -0.461 e. The molecule has 0 radical (unpaired) electrons. The van der Waals surface area contributed by atoms with Gasteiger partial charge in [0.25, 0.3) is 0 Å². The zero-order chi connectivity index (χ0) is 21.1. The van der Waals surface area contributed by atoms with Crippen molar-refractivity contribution in [3.8, 4) is 0 Å². The van der Waals surface area contributed by atoms with Gasteiger partial charge in [0.15, 0.2) is 0 Å². The first kappa shape index (κ1) is 21.9. The second kappa shape index (κ2) is 8.76. The Labute approximate surface area is 169 Å². The van der Waals surface area contributed by atoms with Gasteiger partial charge in [-0.1, -0.05) is 17.7 Å². The van der Waals surface area contributed by atoms with Crippen molar-refractivity contribution in [2.24, 2.45) is 7.05 Å². The van der Waals surface area contributed by atoms with Crippen molar-refractivity contribution in [1.29, 1.82) is 0 Å². The summed E-state index contributed by atoms with van der Waals surface area (Å²) in [5.74, 6) is -1.14. The van der Waals surface area contributed by atoms with Crippen molar-refractivity contribution in [2.75, 3.05) is 25.5 Å². The van der Waals surface area contributed by atoms with Crippen LogP contribution in [0.4, 0.5) is 5.69 Å². The molecule has 0 unspecified atom stereocenters. The summed E-state index contributed by atoms with van der Waals surface area (Å²) in [6.07, 6.45) is 1.30. The summed E-state index contributed by atoms with van der Waals surface area (Å²) in [7, 11) is -1.15. The summed E-state index contributed by atoms with van der Waals surface area (Å²) in [6, 6.07) is 6.28. The molecule has 1 heterocycles. The summed E-state index contributed by atoms with van der Waals surface area (Å²) in [6.45, 7) is 3.18. The average Bonchev–Trinajstić information content (AvgIpc) is 3.01. The number of rotatable bonds is 7. The van der Waals surface area contributed by atoms with Crippen molar-refractivity contribution < 1.29 is 22.7 Å². The predicted octanol–water partition coefficient (Wildman–Crippen LogP) is 2.42. The van der Waals surface area contributed by atoms with Gasteiger partial charge in [-0.15, -0.1) is 0 Å². The van der Waals surface area contributed by atoms with E-state index >= 15 is 0 Å². The van der Waals surface area contributed by atoms with Crippen LogP contribution in [0.3, 0.4) is 0 Å². The summed E-state index contributed by atoms with van der Waals surface area (Å²) in [5.41, 5.74) is 1.30. The number of sulfonamides is 1. The largest absolute Gasteiger partial charge is 0.461 e. The van der Waals surface area contributed by atoms with Crippen molar-refractivity contribution >= 4 is 39.2 Å². The maximum Gasteiger partial charge on any atom is 0.354 e. The normalized spacial score (nSPS) is 11.5. The highest BCUT2D eigenvalue weighted by molar-refractivity contribution is 7.89. The lowest BCUT2D eigenvalue weighted by Gasteiger charge is -2.16. The van der Waals surface area contributed by atoms with E-state index in [0.717, 1.165) is 4.31 Å². The standard InChI is InChI=1S/C18H22ClN3O5S/c1-5-27-18(24)16-9-13(10-21(16)3)28(25,26)22(4)11-17(23)20-15-8-6-7-14(19)12(15)2/h6-10H,5,11H2,1-4H3,(H,20,23). The van der Waals surface area contributed by atoms with Crippen LogP contribution in [0.15, 0.2) is 35.4 Å². The Hall–Kier alpha value is -2.36. The number of amides is 1. The molecule has 0 aliphatic carbocycles. The smallest absolute Gasteiger partial charge is 0.354 e. The van der Waals surface area contributed by atoms with Crippen LogP contribution in [0.2, 0.25) is 5.02 Å². The van der Waals surface area contributed by atoms with Crippen molar-refractivity contribution in [2.45, 2.75) is 18.7 Å². The minimum absolute atomic E-state index is 0.104. The van der Waals surface area contributed by atoms with Gasteiger partial charge in [0.05, 0.1) is 13.2 Å². The summed E-state index contributed by atoms with van der Waals surface area (Å²) in [5, 5.41) is 3.14. The Balaban J connectivity index is 2.15. The topological polar surface area (TPSA) is 97.7 Å². The quantitative estimate of drug-likeness (QED) is 0.684. The molecule has 1 aromatic heterocycles. The van der Waals surface area contributed by atoms with Crippen LogP contribution in [0.25, 0.3) is 0 Å². The molecule has 0 saturated carbocycles. The lowest BCUT2D eigenvalue weighted by atomic mass is 10.2. The average molecular weight is 428 g/mol. The molecule has 2 rings (SSSR count). The van der Waals surface area contributed by atoms with Crippen LogP contribution >= 0.6 is 11.6 Å². The molecule has 0 aliphatic rings. The number of esters is 1. The van der Waals surface area contributed by atoms with Gasteiger partial charge in [0.1, 0.15) is 10.6 Å². The molecule has 0 bridgehead atoms. The van der Waals surface area contributed by atoms with Crippen LogP contribution in [0, 0.1) is 6.92 Å². The van der Waals surface area contributed by atoms with E-state index in [9.17, 15) is 18.0 Å². The summed E-state index contributed by atoms with van der Waals surface area (Å²) < 4.78 is 32.7. The fourth-order valence-corrected chi connectivity index (χ4v) is 3.86. The third-order valence-corrected chi connectivity index (χ3v) is 6.26. The number of halogens is 1. The maximum absolute atomic E-state index is 12.7. The highest BCUT2D eigenvalue weighted by Gasteiger charge is 2.27. The van der Waals surface area contributed by atoms with Gasteiger partial charge < -0.3 is 14.6 Å². The Kier molecular flexibility index (Phi) is 6.87. The molecule has 1 N–H and O–H groups in total. The fraction of sp³-hybridized carbons (Fsp3) is 0.333. The fourth-order valence-electron chi connectivity index (χ4n) is 2.48. The number of hydrogen-bond donors (Lipinski definition) is 1. The Bertz CT molecular complexity index is 1000. The highest BCUT2D eigenvalue weighted by atomic mass is 35.5. The Morgan fingerprint density at radius 2 is 2.00 bits per heavy atom.